The molecule has 0 spiro atoms. The predicted octanol–water partition coefficient (Wildman–Crippen LogP) is 2.55. The smallest absolute Gasteiger partial charge is 0.387 e. The third-order valence-corrected chi connectivity index (χ3v) is 5.20. The van der Waals surface area contributed by atoms with Gasteiger partial charge in [0.1, 0.15) is 5.75 Å². The van der Waals surface area contributed by atoms with E-state index < -0.39 is 6.61 Å². The maximum Gasteiger partial charge on any atom is 0.387 e. The molecule has 1 saturated heterocycles. The van der Waals surface area contributed by atoms with Crippen LogP contribution >= 0.6 is 11.6 Å². The lowest BCUT2D eigenvalue weighted by molar-refractivity contribution is -0.127. The molecule has 1 unspecified atom stereocenters. The molecule has 1 atom stereocenters. The molecule has 30 heavy (non-hydrogen) atoms. The first-order valence-corrected chi connectivity index (χ1v) is 10.4. The summed E-state index contributed by atoms with van der Waals surface area (Å²) in [4.78, 5) is 20.3. The molecular formula is C20H30ClF2N5O2. The molecule has 1 heterocycles. The Labute approximate surface area is 181 Å². The molecule has 0 aliphatic carbocycles. The summed E-state index contributed by atoms with van der Waals surface area (Å²) in [6.45, 7) is 2.04. The van der Waals surface area contributed by atoms with Crippen molar-refractivity contribution in [1.29, 1.82) is 0 Å². The summed E-state index contributed by atoms with van der Waals surface area (Å²) < 4.78 is 29.9. The second-order valence-corrected chi connectivity index (χ2v) is 7.68. The van der Waals surface area contributed by atoms with Crippen LogP contribution in [0, 0.1) is 0 Å². The van der Waals surface area contributed by atoms with Gasteiger partial charge in [0.05, 0.1) is 13.1 Å². The predicted molar refractivity (Wildman–Crippen MR) is 114 cm³/mol. The Morgan fingerprint density at radius 1 is 1.40 bits per heavy atom. The van der Waals surface area contributed by atoms with Crippen molar-refractivity contribution in [3.8, 4) is 5.75 Å². The Hall–Kier alpha value is -2.13. The number of nitrogens with one attached hydrogen (secondary N) is 2. The van der Waals surface area contributed by atoms with E-state index in [1.807, 2.05) is 0 Å². The van der Waals surface area contributed by atoms with Gasteiger partial charge in [-0.25, -0.2) is 4.99 Å². The SMILES string of the molecule is CCN1CCCC1CNC(=NCc1cc(Cl)ccc1OC(F)F)NCC(=O)N(C)C. The van der Waals surface area contributed by atoms with Crippen molar-refractivity contribution < 1.29 is 18.3 Å². The molecule has 1 aliphatic heterocycles. The maximum atomic E-state index is 12.7. The van der Waals surface area contributed by atoms with Crippen LogP contribution in [0.2, 0.25) is 5.02 Å². The van der Waals surface area contributed by atoms with Crippen molar-refractivity contribution in [3.05, 3.63) is 28.8 Å². The third kappa shape index (κ3) is 7.60. The van der Waals surface area contributed by atoms with E-state index in [1.165, 1.54) is 17.0 Å². The third-order valence-electron chi connectivity index (χ3n) is 4.96. The lowest BCUT2D eigenvalue weighted by atomic mass is 10.2. The van der Waals surface area contributed by atoms with E-state index in [-0.39, 0.29) is 24.7 Å². The van der Waals surface area contributed by atoms with Crippen LogP contribution in [0.1, 0.15) is 25.3 Å². The van der Waals surface area contributed by atoms with Crippen molar-refractivity contribution >= 4 is 23.5 Å². The van der Waals surface area contributed by atoms with Crippen LogP contribution in [0.4, 0.5) is 8.78 Å². The molecule has 0 aromatic heterocycles. The number of carbonyl (C=O) groups excluding carboxylic acids is 1. The molecular weight excluding hydrogens is 416 g/mol. The lowest BCUT2D eigenvalue weighted by Gasteiger charge is -2.24. The van der Waals surface area contributed by atoms with Gasteiger partial charge in [-0.3, -0.25) is 9.69 Å². The van der Waals surface area contributed by atoms with E-state index in [4.69, 9.17) is 11.6 Å². The molecule has 0 saturated carbocycles. The molecule has 1 amide bonds. The zero-order valence-corrected chi connectivity index (χ0v) is 18.4. The summed E-state index contributed by atoms with van der Waals surface area (Å²) >= 11 is 6.01. The zero-order chi connectivity index (χ0) is 22.1. The summed E-state index contributed by atoms with van der Waals surface area (Å²) in [6.07, 6.45) is 2.24. The molecule has 7 nitrogen and oxygen atoms in total. The normalized spacial score (nSPS) is 17.3. The highest BCUT2D eigenvalue weighted by Gasteiger charge is 2.23. The van der Waals surface area contributed by atoms with Crippen molar-refractivity contribution in [2.45, 2.75) is 39.0 Å². The fraction of sp³-hybridized carbons (Fsp3) is 0.600. The highest BCUT2D eigenvalue weighted by atomic mass is 35.5. The van der Waals surface area contributed by atoms with Crippen LogP contribution in [-0.2, 0) is 11.3 Å². The Morgan fingerprint density at radius 2 is 2.17 bits per heavy atom. The van der Waals surface area contributed by atoms with Gasteiger partial charge in [0.15, 0.2) is 5.96 Å². The van der Waals surface area contributed by atoms with Gasteiger partial charge < -0.3 is 20.3 Å². The van der Waals surface area contributed by atoms with Gasteiger partial charge >= 0.3 is 6.61 Å². The first kappa shape index (κ1) is 24.1. The fourth-order valence-electron chi connectivity index (χ4n) is 3.30. The van der Waals surface area contributed by atoms with Crippen LogP contribution in [0.5, 0.6) is 5.75 Å². The number of aliphatic imine (C=N–C) groups is 1. The second kappa shape index (κ2) is 11.9. The summed E-state index contributed by atoms with van der Waals surface area (Å²) in [5.74, 6) is 0.343. The van der Waals surface area contributed by atoms with E-state index in [0.717, 1.165) is 25.9 Å². The fourth-order valence-corrected chi connectivity index (χ4v) is 3.49. The first-order valence-electron chi connectivity index (χ1n) is 9.99. The molecule has 10 heteroatoms. The molecule has 2 N–H and O–H groups in total. The number of carbonyl (C=O) groups is 1. The van der Waals surface area contributed by atoms with Gasteiger partial charge in [-0.05, 0) is 44.1 Å². The number of nitrogens with zero attached hydrogens (tertiary/aromatic N) is 3. The highest BCUT2D eigenvalue weighted by molar-refractivity contribution is 6.30. The minimum absolute atomic E-state index is 0.0230. The average molecular weight is 446 g/mol. The molecule has 1 aromatic rings. The highest BCUT2D eigenvalue weighted by Crippen LogP contribution is 2.25. The lowest BCUT2D eigenvalue weighted by Crippen LogP contribution is -2.47. The molecule has 2 rings (SSSR count). The number of likely N-dealkylation sites (tertiary alicyclic amines) is 1. The zero-order valence-electron chi connectivity index (χ0n) is 17.6. The number of alkyl halides is 2. The van der Waals surface area contributed by atoms with Crippen LogP contribution in [0.15, 0.2) is 23.2 Å². The number of rotatable bonds is 9. The first-order chi connectivity index (χ1) is 14.3. The summed E-state index contributed by atoms with van der Waals surface area (Å²) in [7, 11) is 3.34. The van der Waals surface area contributed by atoms with Gasteiger partial charge in [-0.2, -0.15) is 8.78 Å². The summed E-state index contributed by atoms with van der Waals surface area (Å²) in [5, 5.41) is 6.68. The summed E-state index contributed by atoms with van der Waals surface area (Å²) in [5.41, 5.74) is 0.430. The Morgan fingerprint density at radius 3 is 2.83 bits per heavy atom. The average Bonchev–Trinajstić information content (AvgIpc) is 3.16. The van der Waals surface area contributed by atoms with Crippen molar-refractivity contribution in [2.24, 2.45) is 4.99 Å². The molecule has 1 aliphatic rings. The molecule has 0 radical (unpaired) electrons. The van der Waals surface area contributed by atoms with Crippen LogP contribution < -0.4 is 15.4 Å². The van der Waals surface area contributed by atoms with Crippen molar-refractivity contribution in [3.63, 3.8) is 0 Å². The van der Waals surface area contributed by atoms with Gasteiger partial charge in [-0.15, -0.1) is 0 Å². The molecule has 1 aromatic carbocycles. The number of benzene rings is 1. The van der Waals surface area contributed by atoms with Gasteiger partial charge in [0.2, 0.25) is 5.91 Å². The Balaban J connectivity index is 2.11. The van der Waals surface area contributed by atoms with Crippen molar-refractivity contribution in [2.75, 3.05) is 40.3 Å². The van der Waals surface area contributed by atoms with E-state index >= 15 is 0 Å². The van der Waals surface area contributed by atoms with E-state index in [9.17, 15) is 13.6 Å². The molecule has 0 bridgehead atoms. The van der Waals surface area contributed by atoms with Crippen LogP contribution in [0.25, 0.3) is 0 Å². The Kier molecular flexibility index (Phi) is 9.58. The van der Waals surface area contributed by atoms with Gasteiger partial charge in [-0.1, -0.05) is 18.5 Å². The largest absolute Gasteiger partial charge is 0.434 e. The Bertz CT molecular complexity index is 733. The number of likely N-dealkylation sites (N-methyl/N-ethyl adjacent to an activating group) is 2. The summed E-state index contributed by atoms with van der Waals surface area (Å²) in [6, 6.07) is 4.81. The minimum atomic E-state index is -2.94. The molecule has 1 fully saturated rings. The van der Waals surface area contributed by atoms with Crippen LogP contribution in [0.3, 0.4) is 0 Å². The standard InChI is InChI=1S/C20H30ClF2N5O2/c1-4-28-9-5-6-16(28)12-25-20(26-13-18(29)27(2)3)24-11-14-10-15(21)7-8-17(14)30-19(22)23/h7-8,10,16,19H,4-6,9,11-13H2,1-3H3,(H2,24,25,26). The number of hydrogen-bond donors (Lipinski definition) is 2. The van der Waals surface area contributed by atoms with E-state index in [1.54, 1.807) is 20.2 Å². The minimum Gasteiger partial charge on any atom is -0.434 e. The van der Waals surface area contributed by atoms with E-state index in [2.05, 4.69) is 32.2 Å². The van der Waals surface area contributed by atoms with Crippen LogP contribution in [-0.4, -0.2) is 74.6 Å². The number of ether oxygens (including phenoxy) is 1. The molecule has 168 valence electrons. The number of guanidine groups is 1. The number of halogens is 3. The topological polar surface area (TPSA) is 69.2 Å². The number of amides is 1. The van der Waals surface area contributed by atoms with E-state index in [0.29, 0.717) is 29.1 Å². The maximum absolute atomic E-state index is 12.7. The van der Waals surface area contributed by atoms with Gasteiger partial charge in [0, 0.05) is 37.3 Å². The number of hydrogen-bond acceptors (Lipinski definition) is 4. The van der Waals surface area contributed by atoms with Crippen molar-refractivity contribution in [1.82, 2.24) is 20.4 Å². The van der Waals surface area contributed by atoms with Gasteiger partial charge in [0.25, 0.3) is 0 Å². The quantitative estimate of drug-likeness (QED) is 0.451. The second-order valence-electron chi connectivity index (χ2n) is 7.24. The monoisotopic (exact) mass is 445 g/mol.